The van der Waals surface area contributed by atoms with Gasteiger partial charge in [-0.05, 0) is 33.1 Å². The lowest BCUT2D eigenvalue weighted by Crippen LogP contribution is -2.31. The highest BCUT2D eigenvalue weighted by atomic mass is 35.5. The molecule has 2 rings (SSSR count). The molecule has 0 bridgehead atoms. The van der Waals surface area contributed by atoms with Crippen molar-refractivity contribution in [3.8, 4) is 0 Å². The van der Waals surface area contributed by atoms with Crippen molar-refractivity contribution in [1.82, 2.24) is 9.97 Å². The monoisotopic (exact) mass is 253 g/mol. The van der Waals surface area contributed by atoms with Gasteiger partial charge in [0.25, 0.3) is 0 Å². The summed E-state index contributed by atoms with van der Waals surface area (Å²) in [6.45, 7) is 6.55. The largest absolute Gasteiger partial charge is 0.365 e. The first-order valence-corrected chi connectivity index (χ1v) is 6.70. The molecule has 17 heavy (non-hydrogen) atoms. The molecule has 0 unspecified atom stereocenters. The number of anilines is 1. The van der Waals surface area contributed by atoms with E-state index in [1.807, 2.05) is 6.07 Å². The van der Waals surface area contributed by atoms with Crippen LogP contribution in [0.4, 0.5) is 5.82 Å². The first-order valence-electron chi connectivity index (χ1n) is 6.33. The van der Waals surface area contributed by atoms with Gasteiger partial charge in [-0.25, -0.2) is 9.97 Å². The van der Waals surface area contributed by atoms with Crippen LogP contribution in [-0.2, 0) is 0 Å². The van der Waals surface area contributed by atoms with E-state index in [0.717, 1.165) is 24.5 Å². The Hall–Kier alpha value is -0.830. The van der Waals surface area contributed by atoms with E-state index in [0.29, 0.717) is 11.1 Å². The zero-order valence-corrected chi connectivity index (χ0v) is 11.5. The van der Waals surface area contributed by atoms with Crippen molar-refractivity contribution in [2.24, 2.45) is 0 Å². The van der Waals surface area contributed by atoms with Crippen LogP contribution in [0, 0.1) is 0 Å². The van der Waals surface area contributed by atoms with Gasteiger partial charge in [-0.2, -0.15) is 0 Å². The van der Waals surface area contributed by atoms with E-state index < -0.39 is 0 Å². The van der Waals surface area contributed by atoms with Gasteiger partial charge in [0.15, 0.2) is 0 Å². The molecular weight excluding hydrogens is 234 g/mol. The lowest BCUT2D eigenvalue weighted by Gasteiger charge is -2.26. The Morgan fingerprint density at radius 1 is 1.41 bits per heavy atom. The maximum absolute atomic E-state index is 6.04. The molecule has 1 N–H and O–H groups in total. The minimum Gasteiger partial charge on any atom is -0.365 e. The van der Waals surface area contributed by atoms with Crippen molar-refractivity contribution in [2.45, 2.75) is 57.9 Å². The Labute approximate surface area is 108 Å². The van der Waals surface area contributed by atoms with E-state index in [9.17, 15) is 0 Å². The van der Waals surface area contributed by atoms with Crippen molar-refractivity contribution < 1.29 is 0 Å². The van der Waals surface area contributed by atoms with Gasteiger partial charge in [-0.1, -0.05) is 24.9 Å². The summed E-state index contributed by atoms with van der Waals surface area (Å²) in [5.74, 6) is 2.28. The second-order valence-electron chi connectivity index (χ2n) is 5.47. The molecule has 0 spiro atoms. The van der Waals surface area contributed by atoms with Crippen molar-refractivity contribution in [1.29, 1.82) is 0 Å². The molecule has 1 heterocycles. The van der Waals surface area contributed by atoms with Gasteiger partial charge in [0.2, 0.25) is 0 Å². The van der Waals surface area contributed by atoms with Gasteiger partial charge < -0.3 is 5.32 Å². The second-order valence-corrected chi connectivity index (χ2v) is 5.85. The van der Waals surface area contributed by atoms with Crippen LogP contribution in [0.1, 0.15) is 58.2 Å². The lowest BCUT2D eigenvalue weighted by atomic mass is 9.99. The fourth-order valence-electron chi connectivity index (χ4n) is 2.06. The normalized spacial score (nSPS) is 16.0. The van der Waals surface area contributed by atoms with Crippen molar-refractivity contribution in [3.63, 3.8) is 0 Å². The van der Waals surface area contributed by atoms with Crippen LogP contribution < -0.4 is 5.32 Å². The average Bonchev–Trinajstić information content (AvgIpc) is 2.97. The molecule has 0 radical (unpaired) electrons. The molecule has 1 aromatic rings. The average molecular weight is 254 g/mol. The standard InChI is InChI=1S/C13H20ClN3/c1-4-7-13(2,3)17-11-8-10(14)15-12(16-11)9-5-6-9/h8-9H,4-7H2,1-3H3,(H,15,16,17). The Morgan fingerprint density at radius 2 is 2.12 bits per heavy atom. The number of hydrogen-bond donors (Lipinski definition) is 1. The molecule has 0 amide bonds. The summed E-state index contributed by atoms with van der Waals surface area (Å²) in [5.41, 5.74) is 0.0489. The summed E-state index contributed by atoms with van der Waals surface area (Å²) in [4.78, 5) is 8.84. The summed E-state index contributed by atoms with van der Waals surface area (Å²) in [6.07, 6.45) is 4.64. The fourth-order valence-corrected chi connectivity index (χ4v) is 2.25. The van der Waals surface area contributed by atoms with Gasteiger partial charge in [0.1, 0.15) is 16.8 Å². The number of nitrogens with one attached hydrogen (secondary N) is 1. The molecule has 0 aliphatic heterocycles. The van der Waals surface area contributed by atoms with E-state index in [-0.39, 0.29) is 5.54 Å². The minimum absolute atomic E-state index is 0.0489. The molecule has 0 atom stereocenters. The van der Waals surface area contributed by atoms with E-state index in [4.69, 9.17) is 11.6 Å². The summed E-state index contributed by atoms with van der Waals surface area (Å²) < 4.78 is 0. The Morgan fingerprint density at radius 3 is 2.71 bits per heavy atom. The zero-order valence-electron chi connectivity index (χ0n) is 10.8. The first kappa shape index (κ1) is 12.6. The third kappa shape index (κ3) is 3.56. The Balaban J connectivity index is 2.14. The molecule has 1 fully saturated rings. The van der Waals surface area contributed by atoms with Gasteiger partial charge >= 0.3 is 0 Å². The van der Waals surface area contributed by atoms with Gasteiger partial charge in [0.05, 0.1) is 0 Å². The molecule has 3 nitrogen and oxygen atoms in total. The smallest absolute Gasteiger partial charge is 0.135 e. The third-order valence-electron chi connectivity index (χ3n) is 3.00. The highest BCUT2D eigenvalue weighted by molar-refractivity contribution is 6.29. The molecule has 94 valence electrons. The fraction of sp³-hybridized carbons (Fsp3) is 0.692. The van der Waals surface area contributed by atoms with Crippen LogP contribution in [0.25, 0.3) is 0 Å². The summed E-state index contributed by atoms with van der Waals surface area (Å²) in [6, 6.07) is 1.81. The SMILES string of the molecule is CCCC(C)(C)Nc1cc(Cl)nc(C2CC2)n1. The van der Waals surface area contributed by atoms with E-state index in [1.165, 1.54) is 12.8 Å². The van der Waals surface area contributed by atoms with Crippen LogP contribution in [0.5, 0.6) is 0 Å². The van der Waals surface area contributed by atoms with Gasteiger partial charge in [0, 0.05) is 17.5 Å². The number of halogens is 1. The molecule has 1 aliphatic carbocycles. The predicted molar refractivity (Wildman–Crippen MR) is 71.6 cm³/mol. The lowest BCUT2D eigenvalue weighted by molar-refractivity contribution is 0.508. The van der Waals surface area contributed by atoms with Crippen LogP contribution in [0.3, 0.4) is 0 Å². The molecule has 0 aromatic carbocycles. The van der Waals surface area contributed by atoms with Crippen molar-refractivity contribution in [3.05, 3.63) is 17.0 Å². The Kier molecular flexibility index (Phi) is 3.57. The first-order chi connectivity index (χ1) is 8.00. The van der Waals surface area contributed by atoms with E-state index in [2.05, 4.69) is 36.1 Å². The van der Waals surface area contributed by atoms with E-state index in [1.54, 1.807) is 0 Å². The minimum atomic E-state index is 0.0489. The van der Waals surface area contributed by atoms with E-state index >= 15 is 0 Å². The second kappa shape index (κ2) is 4.81. The topological polar surface area (TPSA) is 37.8 Å². The molecule has 1 aromatic heterocycles. The number of rotatable bonds is 5. The van der Waals surface area contributed by atoms with Gasteiger partial charge in [-0.3, -0.25) is 0 Å². The number of aromatic nitrogens is 2. The highest BCUT2D eigenvalue weighted by Gasteiger charge is 2.27. The van der Waals surface area contributed by atoms with Gasteiger partial charge in [-0.15, -0.1) is 0 Å². The maximum Gasteiger partial charge on any atom is 0.135 e. The quantitative estimate of drug-likeness (QED) is 0.806. The van der Waals surface area contributed by atoms with Crippen molar-refractivity contribution >= 4 is 17.4 Å². The molecular formula is C13H20ClN3. The molecule has 1 aliphatic rings. The third-order valence-corrected chi connectivity index (χ3v) is 3.19. The molecule has 1 saturated carbocycles. The maximum atomic E-state index is 6.04. The molecule has 4 heteroatoms. The highest BCUT2D eigenvalue weighted by Crippen LogP contribution is 2.39. The van der Waals surface area contributed by atoms with Crippen LogP contribution in [0.15, 0.2) is 6.07 Å². The molecule has 0 saturated heterocycles. The Bertz CT molecular complexity index is 400. The number of hydrogen-bond acceptors (Lipinski definition) is 3. The van der Waals surface area contributed by atoms with Crippen LogP contribution in [0.2, 0.25) is 5.15 Å². The zero-order chi connectivity index (χ0) is 12.5. The summed E-state index contributed by atoms with van der Waals surface area (Å²) in [7, 11) is 0. The van der Waals surface area contributed by atoms with Crippen LogP contribution in [-0.4, -0.2) is 15.5 Å². The predicted octanol–water partition coefficient (Wildman–Crippen LogP) is 4.00. The van der Waals surface area contributed by atoms with Crippen LogP contribution >= 0.6 is 11.6 Å². The summed E-state index contributed by atoms with van der Waals surface area (Å²) >= 11 is 6.04. The number of nitrogens with zero attached hydrogens (tertiary/aromatic N) is 2. The van der Waals surface area contributed by atoms with Crippen molar-refractivity contribution in [2.75, 3.05) is 5.32 Å². The summed E-state index contributed by atoms with van der Waals surface area (Å²) in [5, 5.41) is 3.99.